The van der Waals surface area contributed by atoms with Crippen molar-refractivity contribution in [3.05, 3.63) is 71.7 Å². The number of methoxy groups -OCH3 is 1. The van der Waals surface area contributed by atoms with Gasteiger partial charge in [0.25, 0.3) is 0 Å². The fourth-order valence-corrected chi connectivity index (χ4v) is 6.38. The monoisotopic (exact) mass is 569 g/mol. The number of ether oxygens (including phenoxy) is 1. The highest BCUT2D eigenvalue weighted by atomic mass is 35.5. The van der Waals surface area contributed by atoms with Crippen molar-refractivity contribution >= 4 is 38.4 Å². The highest BCUT2D eigenvalue weighted by Crippen LogP contribution is 2.32. The number of benzene rings is 2. The lowest BCUT2D eigenvalue weighted by Crippen LogP contribution is -2.46. The van der Waals surface area contributed by atoms with E-state index in [4.69, 9.17) is 20.9 Å². The van der Waals surface area contributed by atoms with Crippen LogP contribution in [0.15, 0.2) is 70.2 Å². The fourth-order valence-electron chi connectivity index (χ4n) is 4.72. The Morgan fingerprint density at radius 1 is 1.15 bits per heavy atom. The third-order valence-electron chi connectivity index (χ3n) is 6.72. The number of amides is 1. The van der Waals surface area contributed by atoms with Gasteiger partial charge < -0.3 is 14.2 Å². The van der Waals surface area contributed by atoms with E-state index in [9.17, 15) is 13.2 Å². The summed E-state index contributed by atoms with van der Waals surface area (Å²) in [5.41, 5.74) is 1.09. The first kappa shape index (κ1) is 27.2. The van der Waals surface area contributed by atoms with Crippen molar-refractivity contribution in [3.63, 3.8) is 0 Å². The fraction of sp³-hybridized carbons (Fsp3) is 0.333. The molecule has 0 bridgehead atoms. The van der Waals surface area contributed by atoms with Crippen LogP contribution < -0.4 is 0 Å². The van der Waals surface area contributed by atoms with Crippen LogP contribution in [0, 0.1) is 0 Å². The maximum atomic E-state index is 13.8. The summed E-state index contributed by atoms with van der Waals surface area (Å²) in [4.78, 5) is 24.2. The van der Waals surface area contributed by atoms with Gasteiger partial charge in [-0.2, -0.15) is 9.29 Å². The molecular weight excluding hydrogens is 542 g/mol. The number of pyridine rings is 1. The number of rotatable bonds is 9. The van der Waals surface area contributed by atoms with E-state index in [1.165, 1.54) is 13.2 Å². The van der Waals surface area contributed by atoms with Gasteiger partial charge in [-0.1, -0.05) is 35.0 Å². The Hall–Kier alpha value is -3.38. The molecule has 12 heteroatoms. The molecule has 1 aliphatic rings. The van der Waals surface area contributed by atoms with Crippen molar-refractivity contribution in [2.75, 3.05) is 33.4 Å². The first-order valence-corrected chi connectivity index (χ1v) is 14.4. The third kappa shape index (κ3) is 5.81. The number of sulfonamides is 1. The van der Waals surface area contributed by atoms with Gasteiger partial charge in [-0.05, 0) is 55.7 Å². The molecule has 0 N–H and O–H groups in total. The van der Waals surface area contributed by atoms with Crippen molar-refractivity contribution < 1.29 is 22.5 Å². The molecule has 3 heterocycles. The zero-order chi connectivity index (χ0) is 27.4. The number of hydrogen-bond acceptors (Lipinski definition) is 8. The number of likely N-dealkylation sites (tertiary alicyclic amines) is 1. The summed E-state index contributed by atoms with van der Waals surface area (Å²) >= 11 is 5.99. The number of piperidine rings is 1. The van der Waals surface area contributed by atoms with E-state index >= 15 is 0 Å². The van der Waals surface area contributed by atoms with Gasteiger partial charge in [-0.25, -0.2) is 8.42 Å². The van der Waals surface area contributed by atoms with Gasteiger partial charge in [0.1, 0.15) is 10.9 Å². The van der Waals surface area contributed by atoms with Gasteiger partial charge in [0.15, 0.2) is 0 Å². The molecule has 1 saturated heterocycles. The number of nitrogens with zero attached hydrogens (tertiary/aromatic N) is 5. The summed E-state index contributed by atoms with van der Waals surface area (Å²) in [7, 11) is -2.58. The second-order valence-corrected chi connectivity index (χ2v) is 11.6. The quantitative estimate of drug-likeness (QED) is 0.292. The van der Waals surface area contributed by atoms with Crippen LogP contribution in [-0.4, -0.2) is 72.0 Å². The van der Waals surface area contributed by atoms with Crippen molar-refractivity contribution in [3.8, 4) is 11.4 Å². The highest BCUT2D eigenvalue weighted by Gasteiger charge is 2.36. The lowest BCUT2D eigenvalue weighted by atomic mass is 10.0. The SMILES string of the molecule is COCCN(CC(=O)N1CCCCC1c1nc(-c2ccc(Cl)cc2)no1)S(=O)(=O)c1cccc2cccnc12. The van der Waals surface area contributed by atoms with Crippen LogP contribution in [-0.2, 0) is 19.6 Å². The van der Waals surface area contributed by atoms with Gasteiger partial charge in [0, 0.05) is 42.4 Å². The number of halogens is 1. The van der Waals surface area contributed by atoms with Gasteiger partial charge in [-0.15, -0.1) is 0 Å². The van der Waals surface area contributed by atoms with Gasteiger partial charge >= 0.3 is 0 Å². The number of carbonyl (C=O) groups is 1. The standard InChI is InChI=1S/C27H28ClN5O5S/c1-37-17-16-32(39(35,36)23-9-4-6-19-7-5-14-29-25(19)23)18-24(34)33-15-3-2-8-22(33)27-30-26(31-38-27)20-10-12-21(28)13-11-20/h4-7,9-14,22H,2-3,8,15-18H2,1H3. The molecule has 2 aromatic heterocycles. The molecule has 0 saturated carbocycles. The van der Waals surface area contributed by atoms with Crippen LogP contribution in [0.25, 0.3) is 22.3 Å². The predicted octanol–water partition coefficient (Wildman–Crippen LogP) is 4.33. The smallest absolute Gasteiger partial charge is 0.249 e. The van der Waals surface area contributed by atoms with E-state index in [0.717, 1.165) is 22.7 Å². The molecule has 10 nitrogen and oxygen atoms in total. The predicted molar refractivity (Wildman–Crippen MR) is 145 cm³/mol. The van der Waals surface area contributed by atoms with Crippen molar-refractivity contribution in [1.29, 1.82) is 0 Å². The van der Waals surface area contributed by atoms with Crippen LogP contribution in [0.5, 0.6) is 0 Å². The normalized spacial score (nSPS) is 16.2. The molecule has 5 rings (SSSR count). The summed E-state index contributed by atoms with van der Waals surface area (Å²) in [6.45, 7) is 0.232. The molecule has 204 valence electrons. The molecular formula is C27H28ClN5O5S. The molecule has 1 fully saturated rings. The Balaban J connectivity index is 1.41. The van der Waals surface area contributed by atoms with Gasteiger partial charge in [0.05, 0.1) is 18.7 Å². The summed E-state index contributed by atoms with van der Waals surface area (Å²) in [6, 6.07) is 15.1. The highest BCUT2D eigenvalue weighted by molar-refractivity contribution is 7.89. The minimum absolute atomic E-state index is 0.00751. The molecule has 4 aromatic rings. The zero-order valence-corrected chi connectivity index (χ0v) is 22.9. The molecule has 1 aliphatic heterocycles. The van der Waals surface area contributed by atoms with Gasteiger partial charge in [-0.3, -0.25) is 9.78 Å². The van der Waals surface area contributed by atoms with E-state index in [2.05, 4.69) is 15.1 Å². The molecule has 0 spiro atoms. The maximum absolute atomic E-state index is 13.8. The van der Waals surface area contributed by atoms with Crippen LogP contribution in [0.2, 0.25) is 5.02 Å². The Bertz CT molecular complexity index is 1560. The summed E-state index contributed by atoms with van der Waals surface area (Å²) in [6.07, 6.45) is 3.85. The van der Waals surface area contributed by atoms with E-state index in [-0.39, 0.29) is 30.5 Å². The van der Waals surface area contributed by atoms with E-state index in [1.54, 1.807) is 59.6 Å². The summed E-state index contributed by atoms with van der Waals surface area (Å²) in [5, 5.41) is 5.39. The average molecular weight is 570 g/mol. The largest absolute Gasteiger partial charge is 0.383 e. The Labute approximate surface area is 231 Å². The molecule has 2 aromatic carbocycles. The van der Waals surface area contributed by atoms with Crippen LogP contribution in [0.4, 0.5) is 0 Å². The number of fused-ring (bicyclic) bond motifs is 1. The molecule has 0 aliphatic carbocycles. The minimum Gasteiger partial charge on any atom is -0.383 e. The minimum atomic E-state index is -4.07. The zero-order valence-electron chi connectivity index (χ0n) is 21.4. The lowest BCUT2D eigenvalue weighted by Gasteiger charge is -2.35. The van der Waals surface area contributed by atoms with Crippen molar-refractivity contribution in [2.24, 2.45) is 0 Å². The maximum Gasteiger partial charge on any atom is 0.249 e. The van der Waals surface area contributed by atoms with Crippen LogP contribution >= 0.6 is 11.6 Å². The number of carbonyl (C=O) groups excluding carboxylic acids is 1. The van der Waals surface area contributed by atoms with E-state index in [1.807, 2.05) is 0 Å². The molecule has 39 heavy (non-hydrogen) atoms. The number of hydrogen-bond donors (Lipinski definition) is 0. The molecule has 1 atom stereocenters. The molecule has 1 amide bonds. The lowest BCUT2D eigenvalue weighted by molar-refractivity contribution is -0.136. The van der Waals surface area contributed by atoms with Gasteiger partial charge in [0.2, 0.25) is 27.6 Å². The second-order valence-electron chi connectivity index (χ2n) is 9.22. The van der Waals surface area contributed by atoms with Crippen LogP contribution in [0.1, 0.15) is 31.2 Å². The second kappa shape index (κ2) is 11.8. The van der Waals surface area contributed by atoms with E-state index in [0.29, 0.717) is 40.6 Å². The Morgan fingerprint density at radius 2 is 1.95 bits per heavy atom. The topological polar surface area (TPSA) is 119 Å². The summed E-state index contributed by atoms with van der Waals surface area (Å²) < 4.78 is 39.5. The van der Waals surface area contributed by atoms with E-state index < -0.39 is 16.1 Å². The summed E-state index contributed by atoms with van der Waals surface area (Å²) in [5.74, 6) is 0.365. The molecule has 0 radical (unpaired) electrons. The van der Waals surface area contributed by atoms with Crippen molar-refractivity contribution in [1.82, 2.24) is 24.3 Å². The van der Waals surface area contributed by atoms with Crippen molar-refractivity contribution in [2.45, 2.75) is 30.2 Å². The first-order chi connectivity index (χ1) is 18.9. The molecule has 1 unspecified atom stereocenters. The number of aromatic nitrogens is 3. The first-order valence-electron chi connectivity index (χ1n) is 12.6. The Kier molecular flexibility index (Phi) is 8.22. The Morgan fingerprint density at radius 3 is 2.74 bits per heavy atom. The van der Waals surface area contributed by atoms with Crippen LogP contribution in [0.3, 0.4) is 0 Å². The third-order valence-corrected chi connectivity index (χ3v) is 8.85. The number of para-hydroxylation sites is 1. The average Bonchev–Trinajstić information content (AvgIpc) is 3.45.